The van der Waals surface area contributed by atoms with E-state index in [4.69, 9.17) is 5.10 Å². The second-order valence-corrected chi connectivity index (χ2v) is 7.07. The molecular formula is C22H22F3N3. The minimum absolute atomic E-state index is 0.499. The molecule has 0 saturated carbocycles. The zero-order valence-electron chi connectivity index (χ0n) is 15.7. The highest BCUT2D eigenvalue weighted by Gasteiger charge is 2.31. The first-order valence-corrected chi connectivity index (χ1v) is 9.60. The van der Waals surface area contributed by atoms with Gasteiger partial charge in [0.15, 0.2) is 0 Å². The Bertz CT molecular complexity index is 972. The number of nitrogens with one attached hydrogen (secondary N) is 1. The van der Waals surface area contributed by atoms with Gasteiger partial charge >= 0.3 is 6.18 Å². The number of aryl methyl sites for hydroxylation is 1. The van der Waals surface area contributed by atoms with Crippen molar-refractivity contribution < 1.29 is 13.2 Å². The van der Waals surface area contributed by atoms with Gasteiger partial charge in [-0.05, 0) is 55.5 Å². The summed E-state index contributed by atoms with van der Waals surface area (Å²) < 4.78 is 41.4. The second kappa shape index (κ2) is 7.34. The average Bonchev–Trinajstić information content (AvgIpc) is 2.88. The lowest BCUT2D eigenvalue weighted by atomic mass is 10.0. The lowest BCUT2D eigenvalue weighted by molar-refractivity contribution is -0.137. The summed E-state index contributed by atoms with van der Waals surface area (Å²) in [6.07, 6.45) is -0.631. The van der Waals surface area contributed by atoms with Gasteiger partial charge in [-0.25, -0.2) is 4.68 Å². The van der Waals surface area contributed by atoms with Gasteiger partial charge in [0, 0.05) is 17.7 Å². The Kier molecular flexibility index (Phi) is 4.87. The normalized spacial score (nSPS) is 14.3. The molecule has 0 atom stereocenters. The maximum atomic E-state index is 13.2. The molecule has 6 heteroatoms. The van der Waals surface area contributed by atoms with Crippen LogP contribution >= 0.6 is 0 Å². The summed E-state index contributed by atoms with van der Waals surface area (Å²) in [5.41, 5.74) is 3.58. The highest BCUT2D eigenvalue weighted by Crippen LogP contribution is 2.37. The van der Waals surface area contributed by atoms with Crippen LogP contribution in [0.25, 0.3) is 16.9 Å². The van der Waals surface area contributed by atoms with E-state index >= 15 is 0 Å². The van der Waals surface area contributed by atoms with Crippen molar-refractivity contribution in [2.24, 2.45) is 0 Å². The summed E-state index contributed by atoms with van der Waals surface area (Å²) in [5.74, 6) is 0.883. The number of aromatic nitrogens is 2. The molecule has 1 aliphatic heterocycles. The minimum Gasteiger partial charge on any atom is -0.370 e. The third-order valence-corrected chi connectivity index (χ3v) is 5.18. The third kappa shape index (κ3) is 3.51. The van der Waals surface area contributed by atoms with Crippen LogP contribution in [0, 0.1) is 0 Å². The van der Waals surface area contributed by atoms with Gasteiger partial charge in [-0.15, -0.1) is 0 Å². The van der Waals surface area contributed by atoms with Crippen molar-refractivity contribution in [3.05, 3.63) is 65.2 Å². The molecule has 0 unspecified atom stereocenters. The monoisotopic (exact) mass is 385 g/mol. The van der Waals surface area contributed by atoms with Crippen LogP contribution in [0.2, 0.25) is 0 Å². The van der Waals surface area contributed by atoms with Gasteiger partial charge in [0.1, 0.15) is 5.82 Å². The van der Waals surface area contributed by atoms with Crippen molar-refractivity contribution in [2.45, 2.75) is 38.8 Å². The molecule has 1 aromatic heterocycles. The molecule has 0 amide bonds. The topological polar surface area (TPSA) is 29.9 Å². The zero-order valence-corrected chi connectivity index (χ0v) is 15.7. The van der Waals surface area contributed by atoms with Crippen molar-refractivity contribution in [3.63, 3.8) is 0 Å². The molecule has 4 rings (SSSR count). The van der Waals surface area contributed by atoms with Crippen LogP contribution in [0.3, 0.4) is 0 Å². The number of benzene rings is 2. The van der Waals surface area contributed by atoms with E-state index in [0.29, 0.717) is 11.3 Å². The van der Waals surface area contributed by atoms with Gasteiger partial charge in [-0.1, -0.05) is 31.2 Å². The van der Waals surface area contributed by atoms with Crippen molar-refractivity contribution in [1.82, 2.24) is 9.78 Å². The van der Waals surface area contributed by atoms with Crippen LogP contribution in [-0.4, -0.2) is 16.3 Å². The molecule has 2 aromatic carbocycles. The van der Waals surface area contributed by atoms with Gasteiger partial charge in [-0.3, -0.25) is 0 Å². The van der Waals surface area contributed by atoms with Crippen LogP contribution in [0.4, 0.5) is 19.0 Å². The second-order valence-electron chi connectivity index (χ2n) is 7.07. The summed E-state index contributed by atoms with van der Waals surface area (Å²) in [4.78, 5) is 0. The number of fused-ring (bicyclic) bond motifs is 1. The average molecular weight is 385 g/mol. The van der Waals surface area contributed by atoms with E-state index in [-0.39, 0.29) is 0 Å². The smallest absolute Gasteiger partial charge is 0.370 e. The van der Waals surface area contributed by atoms with E-state index < -0.39 is 11.7 Å². The number of hydrogen-bond donors (Lipinski definition) is 1. The molecular weight excluding hydrogens is 363 g/mol. The number of rotatable bonds is 3. The molecule has 1 aliphatic rings. The van der Waals surface area contributed by atoms with E-state index in [0.717, 1.165) is 55.4 Å². The molecule has 0 fully saturated rings. The largest absolute Gasteiger partial charge is 0.416 e. The predicted octanol–water partition coefficient (Wildman–Crippen LogP) is 5.87. The first-order valence-electron chi connectivity index (χ1n) is 9.60. The molecule has 0 saturated heterocycles. The maximum absolute atomic E-state index is 13.2. The Balaban J connectivity index is 1.85. The number of nitrogens with zero attached hydrogens (tertiary/aromatic N) is 2. The molecule has 0 aliphatic carbocycles. The SMILES string of the molecule is CCc1ccc(-n2nc(-c3cccc(C(F)(F)F)c3)c3c2NCCCC3)cc1. The molecule has 28 heavy (non-hydrogen) atoms. The fourth-order valence-electron chi connectivity index (χ4n) is 3.64. The van der Waals surface area contributed by atoms with Gasteiger partial charge in [0.05, 0.1) is 16.9 Å². The molecule has 0 bridgehead atoms. The van der Waals surface area contributed by atoms with Gasteiger partial charge in [-0.2, -0.15) is 18.3 Å². The summed E-state index contributed by atoms with van der Waals surface area (Å²) in [5, 5.41) is 8.17. The van der Waals surface area contributed by atoms with Crippen molar-refractivity contribution >= 4 is 5.82 Å². The molecule has 3 nitrogen and oxygen atoms in total. The summed E-state index contributed by atoms with van der Waals surface area (Å²) >= 11 is 0. The summed E-state index contributed by atoms with van der Waals surface area (Å²) in [7, 11) is 0. The standard InChI is InChI=1S/C22H22F3N3/c1-2-15-9-11-18(12-10-15)28-21-19(8-3-4-13-26-21)20(27-28)16-6-5-7-17(14-16)22(23,24)25/h5-7,9-12,14,26H,2-4,8,13H2,1H3. The minimum atomic E-state index is -4.37. The third-order valence-electron chi connectivity index (χ3n) is 5.18. The van der Waals surface area contributed by atoms with E-state index in [1.807, 2.05) is 16.8 Å². The molecule has 0 spiro atoms. The number of halogens is 3. The Morgan fingerprint density at radius 3 is 2.57 bits per heavy atom. The van der Waals surface area contributed by atoms with Crippen LogP contribution in [0.5, 0.6) is 0 Å². The number of anilines is 1. The number of hydrogen-bond acceptors (Lipinski definition) is 2. The maximum Gasteiger partial charge on any atom is 0.416 e. The first-order chi connectivity index (χ1) is 13.5. The lowest BCUT2D eigenvalue weighted by Gasteiger charge is -2.09. The van der Waals surface area contributed by atoms with E-state index in [9.17, 15) is 13.2 Å². The van der Waals surface area contributed by atoms with Crippen molar-refractivity contribution in [1.29, 1.82) is 0 Å². The molecule has 0 radical (unpaired) electrons. The Morgan fingerprint density at radius 2 is 1.86 bits per heavy atom. The summed E-state index contributed by atoms with van der Waals surface area (Å²) in [6.45, 7) is 2.93. The first kappa shape index (κ1) is 18.6. The quantitative estimate of drug-likeness (QED) is 0.611. The van der Waals surface area contributed by atoms with Crippen LogP contribution in [0.15, 0.2) is 48.5 Å². The van der Waals surface area contributed by atoms with Gasteiger partial charge < -0.3 is 5.32 Å². The summed E-state index contributed by atoms with van der Waals surface area (Å²) in [6, 6.07) is 13.6. The highest BCUT2D eigenvalue weighted by molar-refractivity contribution is 5.72. The fraction of sp³-hybridized carbons (Fsp3) is 0.318. The van der Waals surface area contributed by atoms with E-state index in [1.54, 1.807) is 6.07 Å². The van der Waals surface area contributed by atoms with Gasteiger partial charge in [0.25, 0.3) is 0 Å². The Morgan fingerprint density at radius 1 is 1.07 bits per heavy atom. The lowest BCUT2D eigenvalue weighted by Crippen LogP contribution is -2.07. The Labute approximate surface area is 162 Å². The fourth-order valence-corrected chi connectivity index (χ4v) is 3.64. The van der Waals surface area contributed by atoms with Crippen LogP contribution in [0.1, 0.15) is 36.5 Å². The Hall–Kier alpha value is -2.76. The molecule has 146 valence electrons. The van der Waals surface area contributed by atoms with Gasteiger partial charge in [0.2, 0.25) is 0 Å². The number of alkyl halides is 3. The zero-order chi connectivity index (χ0) is 19.7. The predicted molar refractivity (Wildman–Crippen MR) is 105 cm³/mol. The van der Waals surface area contributed by atoms with E-state index in [2.05, 4.69) is 24.4 Å². The molecule has 2 heterocycles. The molecule has 1 N–H and O–H groups in total. The molecule has 3 aromatic rings. The van der Waals surface area contributed by atoms with Crippen molar-refractivity contribution in [3.8, 4) is 16.9 Å². The van der Waals surface area contributed by atoms with E-state index in [1.165, 1.54) is 17.7 Å². The van der Waals surface area contributed by atoms with Crippen LogP contribution in [-0.2, 0) is 19.0 Å². The van der Waals surface area contributed by atoms with Crippen LogP contribution < -0.4 is 5.32 Å². The van der Waals surface area contributed by atoms with Crippen molar-refractivity contribution in [2.75, 3.05) is 11.9 Å². The highest BCUT2D eigenvalue weighted by atomic mass is 19.4.